The third kappa shape index (κ3) is 2.33. The van der Waals surface area contributed by atoms with Crippen LogP contribution in [0.2, 0.25) is 0 Å². The molecule has 1 heterocycles. The Morgan fingerprint density at radius 3 is 2.42 bits per heavy atom. The molecule has 0 bridgehead atoms. The quantitative estimate of drug-likeness (QED) is 0.804. The Bertz CT molecular complexity index is 445. The minimum absolute atomic E-state index is 0.522. The highest BCUT2D eigenvalue weighted by atomic mass is 15.4. The van der Waals surface area contributed by atoms with E-state index in [1.54, 1.807) is 4.68 Å². The Kier molecular flexibility index (Phi) is 3.42. The lowest BCUT2D eigenvalue weighted by Crippen LogP contribution is -2.18. The highest BCUT2D eigenvalue weighted by molar-refractivity contribution is 5.41. The molecule has 0 amide bonds. The summed E-state index contributed by atoms with van der Waals surface area (Å²) in [6.45, 7) is 2.33. The SMILES string of the molecule is CC1CCCC(c2nc(C3CCCC3)n(N)c2N)C1. The fourth-order valence-corrected chi connectivity index (χ4v) is 3.94. The fraction of sp³-hybridized carbons (Fsp3) is 0.800. The van der Waals surface area contributed by atoms with Crippen LogP contribution in [-0.4, -0.2) is 9.66 Å². The Morgan fingerprint density at radius 1 is 1.05 bits per heavy atom. The normalized spacial score (nSPS) is 28.9. The van der Waals surface area contributed by atoms with Gasteiger partial charge in [-0.3, -0.25) is 0 Å². The van der Waals surface area contributed by atoms with Gasteiger partial charge in [-0.1, -0.05) is 32.6 Å². The molecule has 2 unspecified atom stereocenters. The maximum Gasteiger partial charge on any atom is 0.146 e. The molecule has 2 saturated carbocycles. The molecule has 0 radical (unpaired) electrons. The van der Waals surface area contributed by atoms with Crippen molar-refractivity contribution in [1.82, 2.24) is 9.66 Å². The van der Waals surface area contributed by atoms with Gasteiger partial charge in [0.25, 0.3) is 0 Å². The van der Waals surface area contributed by atoms with Crippen LogP contribution in [0.25, 0.3) is 0 Å². The molecule has 4 heteroatoms. The van der Waals surface area contributed by atoms with E-state index in [2.05, 4.69) is 6.92 Å². The summed E-state index contributed by atoms with van der Waals surface area (Å²) in [6, 6.07) is 0. The summed E-state index contributed by atoms with van der Waals surface area (Å²) in [5.74, 6) is 9.73. The van der Waals surface area contributed by atoms with Crippen molar-refractivity contribution in [3.8, 4) is 0 Å². The van der Waals surface area contributed by atoms with E-state index in [0.29, 0.717) is 17.7 Å². The third-order valence-electron chi connectivity index (χ3n) is 5.05. The van der Waals surface area contributed by atoms with Crippen molar-refractivity contribution in [3.05, 3.63) is 11.5 Å². The first-order valence-electron chi connectivity index (χ1n) is 7.80. The van der Waals surface area contributed by atoms with Gasteiger partial charge in [0, 0.05) is 11.8 Å². The van der Waals surface area contributed by atoms with Crippen molar-refractivity contribution < 1.29 is 0 Å². The van der Waals surface area contributed by atoms with E-state index in [4.69, 9.17) is 16.6 Å². The Morgan fingerprint density at radius 2 is 1.74 bits per heavy atom. The monoisotopic (exact) mass is 262 g/mol. The van der Waals surface area contributed by atoms with E-state index >= 15 is 0 Å². The Balaban J connectivity index is 1.87. The van der Waals surface area contributed by atoms with E-state index in [9.17, 15) is 0 Å². The number of nitrogens with zero attached hydrogens (tertiary/aromatic N) is 2. The van der Waals surface area contributed by atoms with Gasteiger partial charge < -0.3 is 11.6 Å². The van der Waals surface area contributed by atoms with Crippen molar-refractivity contribution in [2.45, 2.75) is 70.1 Å². The molecule has 0 aromatic carbocycles. The van der Waals surface area contributed by atoms with Crippen LogP contribution in [0.1, 0.15) is 81.6 Å². The van der Waals surface area contributed by atoms with Crippen molar-refractivity contribution in [3.63, 3.8) is 0 Å². The van der Waals surface area contributed by atoms with Crippen LogP contribution < -0.4 is 11.6 Å². The second-order valence-electron chi connectivity index (χ2n) is 6.56. The van der Waals surface area contributed by atoms with E-state index in [1.807, 2.05) is 0 Å². The highest BCUT2D eigenvalue weighted by Crippen LogP contribution is 2.40. The summed E-state index contributed by atoms with van der Waals surface area (Å²) in [5, 5.41) is 0. The lowest BCUT2D eigenvalue weighted by atomic mass is 9.81. The molecule has 4 N–H and O–H groups in total. The van der Waals surface area contributed by atoms with E-state index in [1.165, 1.54) is 51.4 Å². The number of imidazole rings is 1. The predicted molar refractivity (Wildman–Crippen MR) is 78.4 cm³/mol. The summed E-state index contributed by atoms with van der Waals surface area (Å²) >= 11 is 0. The van der Waals surface area contributed by atoms with Crippen LogP contribution in [0.3, 0.4) is 0 Å². The van der Waals surface area contributed by atoms with Crippen molar-refractivity contribution in [2.75, 3.05) is 11.6 Å². The molecule has 3 rings (SSSR count). The number of nitrogens with two attached hydrogens (primary N) is 2. The van der Waals surface area contributed by atoms with E-state index < -0.39 is 0 Å². The number of hydrogen-bond donors (Lipinski definition) is 2. The largest absolute Gasteiger partial charge is 0.382 e. The number of aromatic nitrogens is 2. The van der Waals surface area contributed by atoms with E-state index in [0.717, 1.165) is 17.4 Å². The molecule has 4 nitrogen and oxygen atoms in total. The first-order valence-corrected chi connectivity index (χ1v) is 7.80. The second-order valence-corrected chi connectivity index (χ2v) is 6.56. The topological polar surface area (TPSA) is 69.9 Å². The van der Waals surface area contributed by atoms with Gasteiger partial charge in [0.15, 0.2) is 0 Å². The molecule has 19 heavy (non-hydrogen) atoms. The van der Waals surface area contributed by atoms with Crippen molar-refractivity contribution in [2.24, 2.45) is 5.92 Å². The maximum atomic E-state index is 6.22. The predicted octanol–water partition coefficient (Wildman–Crippen LogP) is 3.13. The van der Waals surface area contributed by atoms with Gasteiger partial charge >= 0.3 is 0 Å². The van der Waals surface area contributed by atoms with Gasteiger partial charge in [-0.05, 0) is 31.6 Å². The average Bonchev–Trinajstić information content (AvgIpc) is 3.00. The van der Waals surface area contributed by atoms with Crippen LogP contribution in [0.15, 0.2) is 0 Å². The Labute approximate surface area is 115 Å². The zero-order chi connectivity index (χ0) is 13.4. The number of anilines is 1. The molecule has 2 aliphatic carbocycles. The highest BCUT2D eigenvalue weighted by Gasteiger charge is 2.29. The van der Waals surface area contributed by atoms with Gasteiger partial charge in [0.1, 0.15) is 11.6 Å². The maximum absolute atomic E-state index is 6.22. The number of nitrogen functional groups attached to an aromatic ring is 2. The molecule has 0 spiro atoms. The van der Waals surface area contributed by atoms with E-state index in [-0.39, 0.29) is 0 Å². The molecule has 2 atom stereocenters. The second kappa shape index (κ2) is 5.06. The van der Waals surface area contributed by atoms with Crippen LogP contribution in [0.5, 0.6) is 0 Å². The molecular weight excluding hydrogens is 236 g/mol. The summed E-state index contributed by atoms with van der Waals surface area (Å²) in [5.41, 5.74) is 7.30. The van der Waals surface area contributed by atoms with Crippen molar-refractivity contribution >= 4 is 5.82 Å². The average molecular weight is 262 g/mol. The van der Waals surface area contributed by atoms with Gasteiger partial charge in [-0.15, -0.1) is 0 Å². The minimum Gasteiger partial charge on any atom is -0.382 e. The molecule has 0 saturated heterocycles. The van der Waals surface area contributed by atoms with Gasteiger partial charge in [0.2, 0.25) is 0 Å². The van der Waals surface area contributed by atoms with Crippen LogP contribution in [-0.2, 0) is 0 Å². The first-order chi connectivity index (χ1) is 9.16. The van der Waals surface area contributed by atoms with Crippen molar-refractivity contribution in [1.29, 1.82) is 0 Å². The standard InChI is InChI=1S/C15H26N4/c1-10-5-4-8-12(9-10)13-14(16)19(17)15(18-13)11-6-2-3-7-11/h10-12H,2-9,16-17H2,1H3. The van der Waals surface area contributed by atoms with Gasteiger partial charge in [0.05, 0.1) is 5.69 Å². The van der Waals surface area contributed by atoms with Gasteiger partial charge in [-0.2, -0.15) is 0 Å². The first kappa shape index (κ1) is 12.8. The van der Waals surface area contributed by atoms with Crippen LogP contribution >= 0.6 is 0 Å². The van der Waals surface area contributed by atoms with Crippen LogP contribution in [0, 0.1) is 5.92 Å². The zero-order valence-electron chi connectivity index (χ0n) is 11.9. The molecule has 1 aromatic rings. The third-order valence-corrected chi connectivity index (χ3v) is 5.05. The number of hydrogen-bond acceptors (Lipinski definition) is 3. The molecule has 0 aliphatic heterocycles. The Hall–Kier alpha value is -1.19. The van der Waals surface area contributed by atoms with Gasteiger partial charge in [-0.25, -0.2) is 9.66 Å². The zero-order valence-corrected chi connectivity index (χ0v) is 11.9. The summed E-state index contributed by atoms with van der Waals surface area (Å²) in [6.07, 6.45) is 10.1. The molecule has 106 valence electrons. The van der Waals surface area contributed by atoms with Crippen LogP contribution in [0.4, 0.5) is 5.82 Å². The molecule has 1 aromatic heterocycles. The smallest absolute Gasteiger partial charge is 0.146 e. The number of rotatable bonds is 2. The molecule has 2 fully saturated rings. The summed E-state index contributed by atoms with van der Waals surface area (Å²) in [4.78, 5) is 4.86. The fourth-order valence-electron chi connectivity index (χ4n) is 3.94. The summed E-state index contributed by atoms with van der Waals surface area (Å²) < 4.78 is 1.67. The molecule has 2 aliphatic rings. The lowest BCUT2D eigenvalue weighted by Gasteiger charge is -2.25. The molecular formula is C15H26N4. The minimum atomic E-state index is 0.522. The summed E-state index contributed by atoms with van der Waals surface area (Å²) in [7, 11) is 0. The lowest BCUT2D eigenvalue weighted by molar-refractivity contribution is 0.341.